The molecule has 0 aromatic heterocycles. The molecule has 3 atom stereocenters. The van der Waals surface area contributed by atoms with Gasteiger partial charge in [-0.15, -0.1) is 0 Å². The van der Waals surface area contributed by atoms with E-state index in [4.69, 9.17) is 0 Å². The van der Waals surface area contributed by atoms with Crippen molar-refractivity contribution in [1.29, 1.82) is 0 Å². The van der Waals surface area contributed by atoms with Crippen molar-refractivity contribution in [2.24, 2.45) is 5.92 Å². The Balaban J connectivity index is 1.67. The molecule has 1 saturated heterocycles. The Morgan fingerprint density at radius 1 is 1.32 bits per heavy atom. The molecule has 1 heterocycles. The number of carbonyl (C=O) groups is 2. The Morgan fingerprint density at radius 3 is 2.68 bits per heavy atom. The lowest BCUT2D eigenvalue weighted by atomic mass is 10.0. The molecule has 0 bridgehead atoms. The third kappa shape index (κ3) is 3.65. The van der Waals surface area contributed by atoms with E-state index in [1.165, 1.54) is 0 Å². The molecule has 1 aliphatic heterocycles. The van der Waals surface area contributed by atoms with Crippen molar-refractivity contribution in [1.82, 2.24) is 4.90 Å². The summed E-state index contributed by atoms with van der Waals surface area (Å²) in [5, 5.41) is 13.4. The molecule has 1 aliphatic carbocycles. The molecule has 7 nitrogen and oxygen atoms in total. The maximum Gasteiger partial charge on any atom is 0.254 e. The highest BCUT2D eigenvalue weighted by Gasteiger charge is 2.53. The average Bonchev–Trinajstić information content (AvgIpc) is 3.37. The van der Waals surface area contributed by atoms with Crippen LogP contribution in [0.2, 0.25) is 0 Å². The molecule has 3 rings (SSSR count). The van der Waals surface area contributed by atoms with Crippen LogP contribution < -0.4 is 5.32 Å². The van der Waals surface area contributed by atoms with Gasteiger partial charge in [0.15, 0.2) is 0 Å². The third-order valence-electron chi connectivity index (χ3n) is 5.16. The van der Waals surface area contributed by atoms with Gasteiger partial charge in [0.2, 0.25) is 11.9 Å². The first-order valence-electron chi connectivity index (χ1n) is 8.74. The van der Waals surface area contributed by atoms with Gasteiger partial charge >= 0.3 is 0 Å². The summed E-state index contributed by atoms with van der Waals surface area (Å²) in [5.41, 5.74) is 1.99. The van der Waals surface area contributed by atoms with Gasteiger partial charge in [0.25, 0.3) is 5.91 Å². The van der Waals surface area contributed by atoms with Crippen LogP contribution in [0, 0.1) is 23.0 Å². The van der Waals surface area contributed by atoms with Gasteiger partial charge in [-0.3, -0.25) is 19.7 Å². The van der Waals surface area contributed by atoms with Crippen molar-refractivity contribution in [3.05, 3.63) is 39.4 Å². The topological polar surface area (TPSA) is 92.6 Å². The van der Waals surface area contributed by atoms with Crippen LogP contribution in [0.3, 0.4) is 0 Å². The van der Waals surface area contributed by atoms with Crippen molar-refractivity contribution < 1.29 is 14.5 Å². The molecule has 25 heavy (non-hydrogen) atoms. The predicted molar refractivity (Wildman–Crippen MR) is 93.0 cm³/mol. The molecular weight excluding hydrogens is 322 g/mol. The summed E-state index contributed by atoms with van der Waals surface area (Å²) in [4.78, 5) is 36.9. The van der Waals surface area contributed by atoms with Gasteiger partial charge in [-0.1, -0.05) is 0 Å². The van der Waals surface area contributed by atoms with E-state index >= 15 is 0 Å². The molecule has 1 aromatic rings. The van der Waals surface area contributed by atoms with E-state index in [9.17, 15) is 19.7 Å². The molecule has 1 N–H and O–H groups in total. The molecule has 3 unspecified atom stereocenters. The number of piperidine rings is 1. The van der Waals surface area contributed by atoms with Gasteiger partial charge in [-0.2, -0.15) is 0 Å². The molecule has 2 amide bonds. The highest BCUT2D eigenvalue weighted by atomic mass is 16.6. The molecule has 0 radical (unpaired) electrons. The number of carbonyl (C=O) groups excluding carboxylic acids is 2. The maximum atomic E-state index is 12.7. The first kappa shape index (κ1) is 17.4. The first-order chi connectivity index (χ1) is 11.9. The van der Waals surface area contributed by atoms with E-state index in [1.54, 1.807) is 18.2 Å². The van der Waals surface area contributed by atoms with Crippen molar-refractivity contribution in [3.8, 4) is 0 Å². The van der Waals surface area contributed by atoms with Crippen molar-refractivity contribution in [2.45, 2.75) is 51.6 Å². The summed E-state index contributed by atoms with van der Waals surface area (Å²) in [6.07, 6.45) is 3.50. The Kier molecular flexibility index (Phi) is 4.74. The summed E-state index contributed by atoms with van der Waals surface area (Å²) in [6, 6.07) is 4.68. The van der Waals surface area contributed by atoms with Crippen molar-refractivity contribution >= 4 is 17.5 Å². The summed E-state index contributed by atoms with van der Waals surface area (Å²) >= 11 is 0. The second kappa shape index (κ2) is 6.82. The number of nitrogens with zero attached hydrogens (tertiary/aromatic N) is 2. The molecule has 134 valence electrons. The van der Waals surface area contributed by atoms with Crippen LogP contribution in [0.1, 0.15) is 48.5 Å². The number of rotatable bonds is 4. The zero-order chi connectivity index (χ0) is 18.1. The average molecular weight is 345 g/mol. The quantitative estimate of drug-likeness (QED) is 0.670. The van der Waals surface area contributed by atoms with Crippen LogP contribution in [-0.2, 0) is 4.79 Å². The highest BCUT2D eigenvalue weighted by Crippen LogP contribution is 2.34. The fourth-order valence-electron chi connectivity index (χ4n) is 3.42. The Labute approximate surface area is 146 Å². The lowest BCUT2D eigenvalue weighted by Crippen LogP contribution is -2.42. The standard InChI is InChI=1S/C18H23N3O4/c1-11-9-13(18(23)20-8-4-3-5-12(20)2)6-7-15(11)19-17(22)14-10-16(14)21(24)25/h6-7,9,12,14,16H,3-5,8,10H2,1-2H3,(H,19,22). The Morgan fingerprint density at radius 2 is 2.08 bits per heavy atom. The highest BCUT2D eigenvalue weighted by molar-refractivity contribution is 5.98. The van der Waals surface area contributed by atoms with E-state index < -0.39 is 16.9 Å². The largest absolute Gasteiger partial charge is 0.336 e. The summed E-state index contributed by atoms with van der Waals surface area (Å²) in [5.74, 6) is -0.859. The number of likely N-dealkylation sites (tertiary alicyclic amines) is 1. The lowest BCUT2D eigenvalue weighted by Gasteiger charge is -2.33. The number of nitrogens with one attached hydrogen (secondary N) is 1. The molecule has 1 aromatic carbocycles. The molecule has 1 saturated carbocycles. The van der Waals surface area contributed by atoms with Crippen LogP contribution in [-0.4, -0.2) is 40.3 Å². The van der Waals surface area contributed by atoms with Crippen LogP contribution >= 0.6 is 0 Å². The minimum absolute atomic E-state index is 0.0174. The lowest BCUT2D eigenvalue weighted by molar-refractivity contribution is -0.497. The van der Waals surface area contributed by atoms with Gasteiger partial charge < -0.3 is 10.2 Å². The van der Waals surface area contributed by atoms with Crippen molar-refractivity contribution in [3.63, 3.8) is 0 Å². The van der Waals surface area contributed by atoms with Crippen molar-refractivity contribution in [2.75, 3.05) is 11.9 Å². The van der Waals surface area contributed by atoms with Gasteiger partial charge in [0.05, 0.1) is 0 Å². The Bertz CT molecular complexity index is 718. The van der Waals surface area contributed by atoms with Crippen LogP contribution in [0.15, 0.2) is 18.2 Å². The minimum atomic E-state index is -0.762. The monoisotopic (exact) mass is 345 g/mol. The van der Waals surface area contributed by atoms with Gasteiger partial charge in [-0.25, -0.2) is 0 Å². The van der Waals surface area contributed by atoms with E-state index in [2.05, 4.69) is 12.2 Å². The normalized spacial score (nSPS) is 25.4. The van der Waals surface area contributed by atoms with Gasteiger partial charge in [0, 0.05) is 35.2 Å². The number of hydrogen-bond acceptors (Lipinski definition) is 4. The third-order valence-corrected chi connectivity index (χ3v) is 5.16. The van der Waals surface area contributed by atoms with Crippen LogP contribution in [0.25, 0.3) is 0 Å². The number of anilines is 1. The maximum absolute atomic E-state index is 12.7. The van der Waals surface area contributed by atoms with E-state index in [0.717, 1.165) is 31.4 Å². The minimum Gasteiger partial charge on any atom is -0.336 e. The van der Waals surface area contributed by atoms with E-state index in [1.807, 2.05) is 11.8 Å². The van der Waals surface area contributed by atoms with Gasteiger partial charge in [0.1, 0.15) is 5.92 Å². The predicted octanol–water partition coefficient (Wildman–Crippen LogP) is 2.61. The zero-order valence-corrected chi connectivity index (χ0v) is 14.5. The fourth-order valence-corrected chi connectivity index (χ4v) is 3.42. The van der Waals surface area contributed by atoms with E-state index in [-0.39, 0.29) is 17.9 Å². The first-order valence-corrected chi connectivity index (χ1v) is 8.74. The molecule has 7 heteroatoms. The smallest absolute Gasteiger partial charge is 0.254 e. The van der Waals surface area contributed by atoms with Crippen LogP contribution in [0.4, 0.5) is 5.69 Å². The molecule has 0 spiro atoms. The SMILES string of the molecule is Cc1cc(C(=O)N2CCCCC2C)ccc1NC(=O)C1CC1[N+](=O)[O-]. The summed E-state index contributed by atoms with van der Waals surface area (Å²) in [6.45, 7) is 4.67. The Hall–Kier alpha value is -2.44. The number of hydrogen-bond donors (Lipinski definition) is 1. The fraction of sp³-hybridized carbons (Fsp3) is 0.556. The second-order valence-corrected chi connectivity index (χ2v) is 7.06. The molecule has 2 fully saturated rings. The molecule has 2 aliphatic rings. The van der Waals surface area contributed by atoms with E-state index in [0.29, 0.717) is 17.7 Å². The number of benzene rings is 1. The number of amides is 2. The van der Waals surface area contributed by atoms with Crippen LogP contribution in [0.5, 0.6) is 0 Å². The zero-order valence-electron chi connectivity index (χ0n) is 14.5. The van der Waals surface area contributed by atoms with Gasteiger partial charge in [-0.05, 0) is 56.9 Å². The second-order valence-electron chi connectivity index (χ2n) is 7.06. The summed E-state index contributed by atoms with van der Waals surface area (Å²) < 4.78 is 0. The number of aryl methyl sites for hydroxylation is 1. The number of nitro groups is 1. The molecular formula is C18H23N3O4. The summed E-state index contributed by atoms with van der Waals surface area (Å²) in [7, 11) is 0.